The zero-order valence-electron chi connectivity index (χ0n) is 7.22. The number of nitrogens with one attached hydrogen (secondary N) is 2. The van der Waals surface area contributed by atoms with Crippen molar-refractivity contribution >= 4 is 5.82 Å². The largest absolute Gasteiger partial charge is 0.408 e. The van der Waals surface area contributed by atoms with Crippen LogP contribution in [-0.4, -0.2) is 22.2 Å². The van der Waals surface area contributed by atoms with Crippen LogP contribution in [0.5, 0.6) is 0 Å². The van der Waals surface area contributed by atoms with E-state index < -0.39 is 17.8 Å². The van der Waals surface area contributed by atoms with Gasteiger partial charge in [0.1, 0.15) is 11.9 Å². The van der Waals surface area contributed by atoms with Crippen LogP contribution in [0.2, 0.25) is 0 Å². The molecule has 0 bridgehead atoms. The molecule has 0 aromatic carbocycles. The monoisotopic (exact) mass is 207 g/mol. The highest BCUT2D eigenvalue weighted by atomic mass is 19.4. The Morgan fingerprint density at radius 1 is 1.57 bits per heavy atom. The van der Waals surface area contributed by atoms with Gasteiger partial charge in [-0.2, -0.15) is 13.2 Å². The Morgan fingerprint density at radius 2 is 2.21 bits per heavy atom. The first-order chi connectivity index (χ1) is 6.39. The van der Waals surface area contributed by atoms with Crippen molar-refractivity contribution in [1.82, 2.24) is 9.97 Å². The number of aromatic amines is 1. The molecule has 0 fully saturated rings. The smallest absolute Gasteiger partial charge is 0.359 e. The fourth-order valence-corrected chi connectivity index (χ4v) is 0.751. The summed E-state index contributed by atoms with van der Waals surface area (Å²) < 4.78 is 36.2. The zero-order valence-corrected chi connectivity index (χ0v) is 7.22. The maximum Gasteiger partial charge on any atom is 0.408 e. The third kappa shape index (κ3) is 2.75. The van der Waals surface area contributed by atoms with Gasteiger partial charge in [0.15, 0.2) is 0 Å². The first-order valence-corrected chi connectivity index (χ1v) is 3.77. The Balaban J connectivity index is 2.75. The van der Waals surface area contributed by atoms with Gasteiger partial charge in [-0.05, 0) is 6.92 Å². The van der Waals surface area contributed by atoms with Crippen LogP contribution in [0.3, 0.4) is 0 Å². The molecule has 0 aliphatic rings. The molecule has 4 nitrogen and oxygen atoms in total. The van der Waals surface area contributed by atoms with Crippen molar-refractivity contribution in [3.63, 3.8) is 0 Å². The standard InChI is InChI=1S/C7H8F3N3O/c1-4(7(8,9)10)13-5-2-6(14)12-3-11-5/h2-4H,1H3,(H2,11,12,13,14). The minimum Gasteiger partial charge on any atom is -0.359 e. The highest BCUT2D eigenvalue weighted by Gasteiger charge is 2.36. The fraction of sp³-hybridized carbons (Fsp3) is 0.429. The number of H-pyrrole nitrogens is 1. The molecule has 0 saturated carbocycles. The molecule has 0 aliphatic heterocycles. The Bertz CT molecular complexity index is 360. The van der Waals surface area contributed by atoms with Crippen molar-refractivity contribution in [2.45, 2.75) is 19.1 Å². The molecule has 1 heterocycles. The van der Waals surface area contributed by atoms with Crippen LogP contribution in [0.1, 0.15) is 6.92 Å². The van der Waals surface area contributed by atoms with Crippen LogP contribution in [0.25, 0.3) is 0 Å². The lowest BCUT2D eigenvalue weighted by atomic mass is 10.3. The average Bonchev–Trinajstić information content (AvgIpc) is 2.02. The van der Waals surface area contributed by atoms with Gasteiger partial charge in [-0.15, -0.1) is 0 Å². The molecule has 0 radical (unpaired) electrons. The molecule has 1 atom stereocenters. The van der Waals surface area contributed by atoms with E-state index >= 15 is 0 Å². The Kier molecular flexibility index (Phi) is 2.78. The molecule has 1 unspecified atom stereocenters. The molecule has 0 spiro atoms. The highest BCUT2D eigenvalue weighted by molar-refractivity contribution is 5.33. The number of nitrogens with zero attached hydrogens (tertiary/aromatic N) is 1. The summed E-state index contributed by atoms with van der Waals surface area (Å²) in [5, 5.41) is 2.07. The maximum atomic E-state index is 12.1. The molecular formula is C7H8F3N3O. The van der Waals surface area contributed by atoms with Crippen LogP contribution in [-0.2, 0) is 0 Å². The van der Waals surface area contributed by atoms with Crippen molar-refractivity contribution in [1.29, 1.82) is 0 Å². The highest BCUT2D eigenvalue weighted by Crippen LogP contribution is 2.21. The van der Waals surface area contributed by atoms with E-state index in [4.69, 9.17) is 0 Å². The summed E-state index contributed by atoms with van der Waals surface area (Å²) in [4.78, 5) is 16.4. The van der Waals surface area contributed by atoms with Crippen molar-refractivity contribution in [2.75, 3.05) is 5.32 Å². The minimum atomic E-state index is -4.36. The SMILES string of the molecule is CC(Nc1cc(=O)[nH]cn1)C(F)(F)F. The van der Waals surface area contributed by atoms with Gasteiger partial charge in [0.05, 0.1) is 6.33 Å². The summed E-state index contributed by atoms with van der Waals surface area (Å²) >= 11 is 0. The fourth-order valence-electron chi connectivity index (χ4n) is 0.751. The van der Waals surface area contributed by atoms with E-state index in [9.17, 15) is 18.0 Å². The molecular weight excluding hydrogens is 199 g/mol. The number of anilines is 1. The summed E-state index contributed by atoms with van der Waals surface area (Å²) in [7, 11) is 0. The van der Waals surface area contributed by atoms with E-state index in [1.807, 2.05) is 0 Å². The number of alkyl halides is 3. The lowest BCUT2D eigenvalue weighted by Gasteiger charge is -2.16. The molecule has 0 amide bonds. The molecule has 1 aromatic rings. The molecule has 1 aromatic heterocycles. The van der Waals surface area contributed by atoms with Gasteiger partial charge < -0.3 is 10.3 Å². The van der Waals surface area contributed by atoms with E-state index in [0.717, 1.165) is 19.3 Å². The summed E-state index contributed by atoms with van der Waals surface area (Å²) in [6.45, 7) is 0.947. The first kappa shape index (κ1) is 10.6. The third-order valence-electron chi connectivity index (χ3n) is 1.53. The van der Waals surface area contributed by atoms with Gasteiger partial charge in [0.2, 0.25) is 0 Å². The molecule has 0 saturated heterocycles. The molecule has 1 rings (SSSR count). The van der Waals surface area contributed by atoms with Gasteiger partial charge in [-0.1, -0.05) is 0 Å². The van der Waals surface area contributed by atoms with Gasteiger partial charge in [-0.3, -0.25) is 4.79 Å². The van der Waals surface area contributed by atoms with E-state index in [1.54, 1.807) is 0 Å². The van der Waals surface area contributed by atoms with Gasteiger partial charge in [-0.25, -0.2) is 4.98 Å². The second-order valence-corrected chi connectivity index (χ2v) is 2.70. The van der Waals surface area contributed by atoms with Crippen LogP contribution >= 0.6 is 0 Å². The maximum absolute atomic E-state index is 12.1. The van der Waals surface area contributed by atoms with Crippen molar-refractivity contribution in [2.24, 2.45) is 0 Å². The number of hydrogen-bond acceptors (Lipinski definition) is 3. The lowest BCUT2D eigenvalue weighted by Crippen LogP contribution is -2.33. The van der Waals surface area contributed by atoms with E-state index in [-0.39, 0.29) is 5.82 Å². The zero-order chi connectivity index (χ0) is 10.8. The summed E-state index contributed by atoms with van der Waals surface area (Å²) in [5.41, 5.74) is -0.503. The van der Waals surface area contributed by atoms with Crippen LogP contribution in [0, 0.1) is 0 Å². The minimum absolute atomic E-state index is 0.0985. The van der Waals surface area contributed by atoms with Gasteiger partial charge in [0, 0.05) is 6.07 Å². The second kappa shape index (κ2) is 3.69. The first-order valence-electron chi connectivity index (χ1n) is 3.77. The van der Waals surface area contributed by atoms with E-state index in [2.05, 4.69) is 15.3 Å². The predicted molar refractivity (Wildman–Crippen MR) is 44.0 cm³/mol. The van der Waals surface area contributed by atoms with Crippen LogP contribution in [0.4, 0.5) is 19.0 Å². The van der Waals surface area contributed by atoms with E-state index in [1.165, 1.54) is 0 Å². The Hall–Kier alpha value is -1.53. The number of rotatable bonds is 2. The molecule has 7 heteroatoms. The molecule has 2 N–H and O–H groups in total. The number of hydrogen-bond donors (Lipinski definition) is 2. The number of aromatic nitrogens is 2. The topological polar surface area (TPSA) is 57.8 Å². The van der Waals surface area contributed by atoms with Crippen LogP contribution in [0.15, 0.2) is 17.2 Å². The van der Waals surface area contributed by atoms with E-state index in [0.29, 0.717) is 0 Å². The van der Waals surface area contributed by atoms with Crippen LogP contribution < -0.4 is 10.9 Å². The lowest BCUT2D eigenvalue weighted by molar-refractivity contribution is -0.138. The summed E-state index contributed by atoms with van der Waals surface area (Å²) in [5.74, 6) is -0.0985. The quantitative estimate of drug-likeness (QED) is 0.764. The third-order valence-corrected chi connectivity index (χ3v) is 1.53. The summed E-state index contributed by atoms with van der Waals surface area (Å²) in [6, 6.07) is -0.779. The Labute approximate surface area is 77.2 Å². The second-order valence-electron chi connectivity index (χ2n) is 2.70. The molecule has 14 heavy (non-hydrogen) atoms. The molecule has 0 aliphatic carbocycles. The normalized spacial score (nSPS) is 13.7. The van der Waals surface area contributed by atoms with Gasteiger partial charge in [0.25, 0.3) is 5.56 Å². The molecule has 78 valence electrons. The summed E-state index contributed by atoms with van der Waals surface area (Å²) in [6.07, 6.45) is -3.32. The van der Waals surface area contributed by atoms with Crippen molar-refractivity contribution in [3.05, 3.63) is 22.7 Å². The Morgan fingerprint density at radius 3 is 2.71 bits per heavy atom. The average molecular weight is 207 g/mol. The number of halogens is 3. The predicted octanol–water partition coefficient (Wildman–Crippen LogP) is 1.13. The van der Waals surface area contributed by atoms with Crippen molar-refractivity contribution in [3.8, 4) is 0 Å². The van der Waals surface area contributed by atoms with Crippen molar-refractivity contribution < 1.29 is 13.2 Å². The van der Waals surface area contributed by atoms with Gasteiger partial charge >= 0.3 is 6.18 Å².